The maximum atomic E-state index is 13.0. The first-order chi connectivity index (χ1) is 15.3. The summed E-state index contributed by atoms with van der Waals surface area (Å²) in [6.07, 6.45) is 4.43. The lowest BCUT2D eigenvalue weighted by molar-refractivity contribution is -0.120. The highest BCUT2D eigenvalue weighted by molar-refractivity contribution is 7.89. The van der Waals surface area contributed by atoms with Crippen LogP contribution in [0.3, 0.4) is 0 Å². The number of hydrogen-bond donors (Lipinski definition) is 1. The molecule has 0 unspecified atom stereocenters. The van der Waals surface area contributed by atoms with Gasteiger partial charge in [-0.3, -0.25) is 9.48 Å². The number of benzene rings is 2. The lowest BCUT2D eigenvalue weighted by Gasteiger charge is -2.31. The maximum Gasteiger partial charge on any atom is 0.246 e. The number of carbonyl (C=O) groups is 1. The van der Waals surface area contributed by atoms with Crippen LogP contribution in [0.2, 0.25) is 10.0 Å². The summed E-state index contributed by atoms with van der Waals surface area (Å²) >= 11 is 12.2. The van der Waals surface area contributed by atoms with Crippen molar-refractivity contribution in [1.29, 1.82) is 0 Å². The molecule has 32 heavy (non-hydrogen) atoms. The van der Waals surface area contributed by atoms with Gasteiger partial charge >= 0.3 is 0 Å². The molecule has 168 valence electrons. The number of sulfonamides is 1. The predicted octanol–water partition coefficient (Wildman–Crippen LogP) is 4.28. The molecule has 7 nitrogen and oxygen atoms in total. The van der Waals surface area contributed by atoms with E-state index in [1.54, 1.807) is 12.3 Å². The Kier molecular flexibility index (Phi) is 6.85. The van der Waals surface area contributed by atoms with E-state index in [1.807, 2.05) is 41.2 Å². The molecule has 0 aliphatic carbocycles. The fraction of sp³-hybridized carbons (Fsp3) is 0.273. The first kappa shape index (κ1) is 22.8. The minimum absolute atomic E-state index is 0.0831. The summed E-state index contributed by atoms with van der Waals surface area (Å²) in [7, 11) is -3.83. The Morgan fingerprint density at radius 3 is 2.41 bits per heavy atom. The van der Waals surface area contributed by atoms with E-state index < -0.39 is 10.0 Å². The SMILES string of the molecule is O=C(Nc1cccc(Cn2cccn2)c1)C1CCN(S(=O)(=O)c2c(Cl)cccc2Cl)CC1. The Bertz CT molecular complexity index is 1190. The zero-order valence-electron chi connectivity index (χ0n) is 17.1. The highest BCUT2D eigenvalue weighted by Crippen LogP contribution is 2.33. The summed E-state index contributed by atoms with van der Waals surface area (Å²) in [5.74, 6) is -0.396. The van der Waals surface area contributed by atoms with E-state index in [1.165, 1.54) is 16.4 Å². The maximum absolute atomic E-state index is 13.0. The largest absolute Gasteiger partial charge is 0.326 e. The van der Waals surface area contributed by atoms with Crippen LogP contribution in [0.1, 0.15) is 18.4 Å². The number of hydrogen-bond acceptors (Lipinski definition) is 4. The van der Waals surface area contributed by atoms with Crippen LogP contribution in [0, 0.1) is 5.92 Å². The fourth-order valence-electron chi connectivity index (χ4n) is 3.79. The van der Waals surface area contributed by atoms with E-state index in [-0.39, 0.29) is 39.9 Å². The second kappa shape index (κ2) is 9.62. The molecule has 1 saturated heterocycles. The Morgan fingerprint density at radius 1 is 1.06 bits per heavy atom. The van der Waals surface area contributed by atoms with Crippen molar-refractivity contribution in [2.75, 3.05) is 18.4 Å². The number of carbonyl (C=O) groups excluding carboxylic acids is 1. The number of rotatable bonds is 6. The van der Waals surface area contributed by atoms with Crippen molar-refractivity contribution in [3.8, 4) is 0 Å². The van der Waals surface area contributed by atoms with Crippen LogP contribution < -0.4 is 5.32 Å². The van der Waals surface area contributed by atoms with Gasteiger partial charge in [0.15, 0.2) is 0 Å². The summed E-state index contributed by atoms with van der Waals surface area (Å²) in [6.45, 7) is 1.06. The zero-order chi connectivity index (χ0) is 22.7. The second-order valence-electron chi connectivity index (χ2n) is 7.62. The molecule has 2 aromatic carbocycles. The molecular weight excluding hydrogens is 471 g/mol. The molecule has 1 aliphatic rings. The average Bonchev–Trinajstić information content (AvgIpc) is 3.27. The molecule has 0 atom stereocenters. The van der Waals surface area contributed by atoms with Crippen LogP contribution in [-0.4, -0.2) is 41.5 Å². The van der Waals surface area contributed by atoms with Crippen LogP contribution >= 0.6 is 23.2 Å². The van der Waals surface area contributed by atoms with Crippen LogP contribution in [0.15, 0.2) is 65.8 Å². The number of aromatic nitrogens is 2. The van der Waals surface area contributed by atoms with Gasteiger partial charge in [0.25, 0.3) is 0 Å². The average molecular weight is 493 g/mol. The second-order valence-corrected chi connectivity index (χ2v) is 10.3. The van der Waals surface area contributed by atoms with Crippen molar-refractivity contribution < 1.29 is 13.2 Å². The Morgan fingerprint density at radius 2 is 1.75 bits per heavy atom. The third kappa shape index (κ3) is 4.99. The molecule has 0 bridgehead atoms. The van der Waals surface area contributed by atoms with E-state index in [4.69, 9.17) is 23.2 Å². The number of anilines is 1. The minimum Gasteiger partial charge on any atom is -0.326 e. The minimum atomic E-state index is -3.83. The normalized spacial score (nSPS) is 15.6. The van der Waals surface area contributed by atoms with Crippen molar-refractivity contribution in [3.05, 3.63) is 76.5 Å². The molecule has 1 aliphatic heterocycles. The molecule has 1 aromatic heterocycles. The van der Waals surface area contributed by atoms with E-state index >= 15 is 0 Å². The molecule has 10 heteroatoms. The van der Waals surface area contributed by atoms with Gasteiger partial charge in [0.2, 0.25) is 15.9 Å². The topological polar surface area (TPSA) is 84.3 Å². The molecule has 2 heterocycles. The van der Waals surface area contributed by atoms with Gasteiger partial charge in [-0.25, -0.2) is 8.42 Å². The number of nitrogens with one attached hydrogen (secondary N) is 1. The summed E-state index contributed by atoms with van der Waals surface area (Å²) in [6, 6.07) is 14.1. The van der Waals surface area contributed by atoms with Crippen LogP contribution in [0.4, 0.5) is 5.69 Å². The molecule has 0 saturated carbocycles. The lowest BCUT2D eigenvalue weighted by atomic mass is 9.97. The van der Waals surface area contributed by atoms with Crippen molar-refractivity contribution >= 4 is 44.8 Å². The van der Waals surface area contributed by atoms with Gasteiger partial charge < -0.3 is 5.32 Å². The van der Waals surface area contributed by atoms with Gasteiger partial charge in [-0.15, -0.1) is 0 Å². The van der Waals surface area contributed by atoms with Crippen molar-refractivity contribution in [1.82, 2.24) is 14.1 Å². The molecule has 1 fully saturated rings. The van der Waals surface area contributed by atoms with E-state index in [0.29, 0.717) is 25.1 Å². The van der Waals surface area contributed by atoms with E-state index in [9.17, 15) is 13.2 Å². The molecule has 0 radical (unpaired) electrons. The van der Waals surface area contributed by atoms with Gasteiger partial charge in [-0.05, 0) is 48.7 Å². The standard InChI is InChI=1S/C22H22Cl2N4O3S/c23-19-6-2-7-20(24)21(19)32(30,31)28-12-8-17(9-13-28)22(29)26-18-5-1-4-16(14-18)15-27-11-3-10-25-27/h1-7,10-11,14,17H,8-9,12-13,15H2,(H,26,29). The van der Waals surface area contributed by atoms with E-state index in [2.05, 4.69) is 10.4 Å². The van der Waals surface area contributed by atoms with Crippen LogP contribution in [0.5, 0.6) is 0 Å². The van der Waals surface area contributed by atoms with Crippen LogP contribution in [0.25, 0.3) is 0 Å². The van der Waals surface area contributed by atoms with Crippen molar-refractivity contribution in [2.45, 2.75) is 24.3 Å². The predicted molar refractivity (Wildman–Crippen MR) is 124 cm³/mol. The summed E-state index contributed by atoms with van der Waals surface area (Å²) in [5.41, 5.74) is 1.72. The quantitative estimate of drug-likeness (QED) is 0.556. The lowest BCUT2D eigenvalue weighted by Crippen LogP contribution is -2.41. The summed E-state index contributed by atoms with van der Waals surface area (Å²) in [5, 5.41) is 7.33. The Balaban J connectivity index is 1.38. The monoisotopic (exact) mass is 492 g/mol. The molecular formula is C22H22Cl2N4O3S. The van der Waals surface area contributed by atoms with Crippen molar-refractivity contribution in [3.63, 3.8) is 0 Å². The first-order valence-electron chi connectivity index (χ1n) is 10.2. The molecule has 1 N–H and O–H groups in total. The molecule has 3 aromatic rings. The number of halogens is 2. The smallest absolute Gasteiger partial charge is 0.246 e. The van der Waals surface area contributed by atoms with Crippen molar-refractivity contribution in [2.24, 2.45) is 5.92 Å². The Labute approximate surface area is 197 Å². The fourth-order valence-corrected chi connectivity index (χ4v) is 6.35. The number of nitrogens with zero attached hydrogens (tertiary/aromatic N) is 3. The van der Waals surface area contributed by atoms with Gasteiger partial charge in [0, 0.05) is 37.1 Å². The molecule has 1 amide bonds. The zero-order valence-corrected chi connectivity index (χ0v) is 19.4. The molecule has 4 rings (SSSR count). The number of piperidine rings is 1. The van der Waals surface area contributed by atoms with Gasteiger partial charge in [0.1, 0.15) is 4.90 Å². The number of amides is 1. The third-order valence-electron chi connectivity index (χ3n) is 5.44. The highest BCUT2D eigenvalue weighted by atomic mass is 35.5. The third-order valence-corrected chi connectivity index (χ3v) is 8.29. The Hall–Kier alpha value is -2.39. The first-order valence-corrected chi connectivity index (χ1v) is 12.4. The summed E-state index contributed by atoms with van der Waals surface area (Å²) in [4.78, 5) is 12.7. The summed E-state index contributed by atoms with van der Waals surface area (Å²) < 4.78 is 29.2. The van der Waals surface area contributed by atoms with Crippen LogP contribution in [-0.2, 0) is 21.4 Å². The van der Waals surface area contributed by atoms with Gasteiger partial charge in [-0.1, -0.05) is 41.4 Å². The molecule has 0 spiro atoms. The van der Waals surface area contributed by atoms with Gasteiger partial charge in [-0.2, -0.15) is 9.40 Å². The van der Waals surface area contributed by atoms with Gasteiger partial charge in [0.05, 0.1) is 16.6 Å². The highest BCUT2D eigenvalue weighted by Gasteiger charge is 2.34. The van der Waals surface area contributed by atoms with E-state index in [0.717, 1.165) is 5.56 Å².